The highest BCUT2D eigenvalue weighted by molar-refractivity contribution is 5.41. The largest absolute Gasteiger partial charge is 0.381 e. The van der Waals surface area contributed by atoms with Gasteiger partial charge in [-0.15, -0.1) is 0 Å². The average Bonchev–Trinajstić information content (AvgIpc) is 2.90. The summed E-state index contributed by atoms with van der Waals surface area (Å²) in [6.45, 7) is 5.04. The van der Waals surface area contributed by atoms with Crippen molar-refractivity contribution in [2.75, 3.05) is 37.0 Å². The van der Waals surface area contributed by atoms with E-state index in [9.17, 15) is 0 Å². The Balaban J connectivity index is 1.78. The van der Waals surface area contributed by atoms with Gasteiger partial charge in [0.05, 0.1) is 6.10 Å². The minimum Gasteiger partial charge on any atom is -0.381 e. The number of anilines is 2. The zero-order valence-corrected chi connectivity index (χ0v) is 13.1. The van der Waals surface area contributed by atoms with Crippen molar-refractivity contribution in [3.05, 3.63) is 12.3 Å². The molecular weight excluding hydrogens is 264 g/mol. The number of rotatable bonds is 4. The third-order valence-corrected chi connectivity index (χ3v) is 5.00. The smallest absolute Gasteiger partial charge is 0.227 e. The minimum absolute atomic E-state index is 0.310. The molecule has 21 heavy (non-hydrogen) atoms. The first-order valence-electron chi connectivity index (χ1n) is 8.12. The lowest BCUT2D eigenvalue weighted by Gasteiger charge is -2.43. The van der Waals surface area contributed by atoms with Crippen LogP contribution >= 0.6 is 0 Å². The summed E-state index contributed by atoms with van der Waals surface area (Å²) in [6.07, 6.45) is 8.48. The van der Waals surface area contributed by atoms with E-state index in [2.05, 4.69) is 27.1 Å². The molecule has 1 aliphatic carbocycles. The molecule has 0 amide bonds. The summed E-state index contributed by atoms with van der Waals surface area (Å²) in [5, 5.41) is 3.27. The molecule has 0 radical (unpaired) electrons. The normalized spacial score (nSPS) is 29.0. The molecule has 1 spiro atoms. The number of hydrogen-bond donors (Lipinski definition) is 1. The van der Waals surface area contributed by atoms with Gasteiger partial charge in [-0.1, -0.05) is 6.42 Å². The Morgan fingerprint density at radius 1 is 1.43 bits per heavy atom. The molecule has 1 aromatic heterocycles. The van der Waals surface area contributed by atoms with Crippen LogP contribution in [0.25, 0.3) is 0 Å². The first kappa shape index (κ1) is 14.6. The van der Waals surface area contributed by atoms with Crippen LogP contribution in [0.3, 0.4) is 0 Å². The highest BCUT2D eigenvalue weighted by Crippen LogP contribution is 2.46. The molecule has 116 valence electrons. The van der Waals surface area contributed by atoms with Crippen LogP contribution in [0, 0.1) is 5.41 Å². The molecule has 3 rings (SSSR count). The van der Waals surface area contributed by atoms with Gasteiger partial charge in [0.1, 0.15) is 5.82 Å². The molecule has 2 fully saturated rings. The lowest BCUT2D eigenvalue weighted by atomic mass is 9.76. The standard InChI is InChI=1S/C16H26N4O/c1-3-17-14-7-10-18-15(19-14)20-11-5-9-16(12-20)8-4-6-13(16)21-2/h7,10,13H,3-6,8-9,11-12H2,1-2H3,(H,17,18,19)/t13-,16+/m1/s1. The van der Waals surface area contributed by atoms with Crippen molar-refractivity contribution in [1.82, 2.24) is 9.97 Å². The van der Waals surface area contributed by atoms with Crippen molar-refractivity contribution in [3.63, 3.8) is 0 Å². The van der Waals surface area contributed by atoms with Crippen LogP contribution in [0.2, 0.25) is 0 Å². The highest BCUT2D eigenvalue weighted by Gasteiger charge is 2.46. The summed E-state index contributed by atoms with van der Waals surface area (Å²) in [6, 6.07) is 1.93. The Hall–Kier alpha value is -1.36. The van der Waals surface area contributed by atoms with Crippen LogP contribution in [-0.4, -0.2) is 42.8 Å². The van der Waals surface area contributed by atoms with E-state index in [-0.39, 0.29) is 0 Å². The summed E-state index contributed by atoms with van der Waals surface area (Å²) < 4.78 is 5.77. The molecule has 2 heterocycles. The van der Waals surface area contributed by atoms with E-state index in [1.165, 1.54) is 32.1 Å². The number of nitrogens with zero attached hydrogens (tertiary/aromatic N) is 3. The Labute approximate surface area is 127 Å². The molecule has 1 N–H and O–H groups in total. The van der Waals surface area contributed by atoms with Crippen molar-refractivity contribution in [2.24, 2.45) is 5.41 Å². The van der Waals surface area contributed by atoms with Crippen LogP contribution in [0.15, 0.2) is 12.3 Å². The highest BCUT2D eigenvalue weighted by atomic mass is 16.5. The number of hydrogen-bond acceptors (Lipinski definition) is 5. The molecule has 5 nitrogen and oxygen atoms in total. The average molecular weight is 290 g/mol. The first-order valence-corrected chi connectivity index (χ1v) is 8.12. The maximum absolute atomic E-state index is 5.77. The number of piperidine rings is 1. The zero-order valence-electron chi connectivity index (χ0n) is 13.1. The van der Waals surface area contributed by atoms with E-state index in [4.69, 9.17) is 4.74 Å². The maximum Gasteiger partial charge on any atom is 0.227 e. The Bertz CT molecular complexity index is 481. The molecule has 2 aliphatic rings. The van der Waals surface area contributed by atoms with E-state index in [1.807, 2.05) is 19.4 Å². The van der Waals surface area contributed by atoms with E-state index in [1.54, 1.807) is 0 Å². The number of ether oxygens (including phenoxy) is 1. The van der Waals surface area contributed by atoms with Gasteiger partial charge in [0.25, 0.3) is 0 Å². The molecule has 0 bridgehead atoms. The van der Waals surface area contributed by atoms with E-state index >= 15 is 0 Å². The molecule has 1 aliphatic heterocycles. The maximum atomic E-state index is 5.77. The van der Waals surface area contributed by atoms with E-state index < -0.39 is 0 Å². The topological polar surface area (TPSA) is 50.3 Å². The summed E-state index contributed by atoms with van der Waals surface area (Å²) in [7, 11) is 1.86. The molecule has 1 saturated heterocycles. The number of methoxy groups -OCH3 is 1. The van der Waals surface area contributed by atoms with Gasteiger partial charge < -0.3 is 15.0 Å². The second kappa shape index (κ2) is 6.18. The molecule has 1 saturated carbocycles. The van der Waals surface area contributed by atoms with Gasteiger partial charge in [0, 0.05) is 38.4 Å². The van der Waals surface area contributed by atoms with Gasteiger partial charge >= 0.3 is 0 Å². The quantitative estimate of drug-likeness (QED) is 0.924. The lowest BCUT2D eigenvalue weighted by molar-refractivity contribution is 0.00204. The first-order chi connectivity index (χ1) is 10.3. The van der Waals surface area contributed by atoms with Crippen molar-refractivity contribution < 1.29 is 4.74 Å². The van der Waals surface area contributed by atoms with Gasteiger partial charge in [-0.3, -0.25) is 0 Å². The Kier molecular flexibility index (Phi) is 4.29. The fraction of sp³-hybridized carbons (Fsp3) is 0.750. The van der Waals surface area contributed by atoms with Crippen molar-refractivity contribution in [2.45, 2.75) is 45.1 Å². The van der Waals surface area contributed by atoms with Crippen LogP contribution in [0.4, 0.5) is 11.8 Å². The molecule has 0 aromatic carbocycles. The third kappa shape index (κ3) is 2.84. The summed E-state index contributed by atoms with van der Waals surface area (Å²) >= 11 is 0. The summed E-state index contributed by atoms with van der Waals surface area (Å²) in [5.41, 5.74) is 0.310. The second-order valence-electron chi connectivity index (χ2n) is 6.28. The second-order valence-corrected chi connectivity index (χ2v) is 6.28. The summed E-state index contributed by atoms with van der Waals surface area (Å²) in [4.78, 5) is 11.5. The molecule has 1 aromatic rings. The predicted molar refractivity (Wildman–Crippen MR) is 84.7 cm³/mol. The van der Waals surface area contributed by atoms with Gasteiger partial charge in [-0.2, -0.15) is 4.98 Å². The molecular formula is C16H26N4O. The van der Waals surface area contributed by atoms with E-state index in [0.717, 1.165) is 31.4 Å². The zero-order chi connectivity index (χ0) is 14.7. The van der Waals surface area contributed by atoms with Crippen molar-refractivity contribution in [3.8, 4) is 0 Å². The Morgan fingerprint density at radius 3 is 3.10 bits per heavy atom. The fourth-order valence-electron chi connectivity index (χ4n) is 4.05. The third-order valence-electron chi connectivity index (χ3n) is 5.00. The fourth-order valence-corrected chi connectivity index (χ4v) is 4.05. The van der Waals surface area contributed by atoms with Crippen molar-refractivity contribution in [1.29, 1.82) is 0 Å². The molecule has 2 atom stereocenters. The Morgan fingerprint density at radius 2 is 2.29 bits per heavy atom. The SMILES string of the molecule is CCNc1ccnc(N2CCC[C@@]3(CCC[C@H]3OC)C2)n1. The van der Waals surface area contributed by atoms with Crippen LogP contribution in [0.1, 0.15) is 39.0 Å². The minimum atomic E-state index is 0.310. The lowest BCUT2D eigenvalue weighted by Crippen LogP contribution is -2.48. The van der Waals surface area contributed by atoms with Crippen molar-refractivity contribution >= 4 is 11.8 Å². The van der Waals surface area contributed by atoms with Gasteiger partial charge in [-0.25, -0.2) is 4.98 Å². The molecule has 5 heteroatoms. The van der Waals surface area contributed by atoms with Gasteiger partial charge in [0.15, 0.2) is 0 Å². The van der Waals surface area contributed by atoms with Crippen LogP contribution in [0.5, 0.6) is 0 Å². The number of aromatic nitrogens is 2. The summed E-state index contributed by atoms with van der Waals surface area (Å²) in [5.74, 6) is 1.77. The monoisotopic (exact) mass is 290 g/mol. The number of nitrogens with one attached hydrogen (secondary N) is 1. The van der Waals surface area contributed by atoms with Crippen LogP contribution < -0.4 is 10.2 Å². The van der Waals surface area contributed by atoms with Gasteiger partial charge in [0.2, 0.25) is 5.95 Å². The van der Waals surface area contributed by atoms with E-state index in [0.29, 0.717) is 11.5 Å². The van der Waals surface area contributed by atoms with Gasteiger partial charge in [-0.05, 0) is 38.7 Å². The van der Waals surface area contributed by atoms with Crippen LogP contribution in [-0.2, 0) is 4.74 Å². The predicted octanol–water partition coefficient (Wildman–Crippen LogP) is 2.69. The molecule has 0 unspecified atom stereocenters.